The van der Waals surface area contributed by atoms with Gasteiger partial charge in [-0.1, -0.05) is 11.8 Å². The summed E-state index contributed by atoms with van der Waals surface area (Å²) in [5.41, 5.74) is 1.76. The molecule has 4 nitrogen and oxygen atoms in total. The molecular weight excluding hydrogens is 348 g/mol. The van der Waals surface area contributed by atoms with E-state index >= 15 is 0 Å². The Morgan fingerprint density at radius 3 is 2.12 bits per heavy atom. The van der Waals surface area contributed by atoms with Crippen molar-refractivity contribution in [3.63, 3.8) is 0 Å². The Bertz CT molecular complexity index is 813. The van der Waals surface area contributed by atoms with Gasteiger partial charge in [0.15, 0.2) is 5.76 Å². The van der Waals surface area contributed by atoms with Crippen molar-refractivity contribution in [2.75, 3.05) is 5.75 Å². The summed E-state index contributed by atoms with van der Waals surface area (Å²) in [6, 6.07) is 11.5. The number of carboxylic acids is 1. The van der Waals surface area contributed by atoms with Gasteiger partial charge in [-0.3, -0.25) is 4.79 Å². The highest BCUT2D eigenvalue weighted by molar-refractivity contribution is 7.99. The van der Waals surface area contributed by atoms with Crippen molar-refractivity contribution in [2.45, 2.75) is 11.6 Å². The number of thioether (sulfide) groups is 1. The van der Waals surface area contributed by atoms with Gasteiger partial charge in [0, 0.05) is 16.9 Å². The maximum absolute atomic E-state index is 13.2. The first-order valence-corrected chi connectivity index (χ1v) is 8.39. The molecule has 0 amide bonds. The number of hydrogen-bond donors (Lipinski definition) is 1. The van der Waals surface area contributed by atoms with Crippen LogP contribution in [0.5, 0.6) is 0 Å². The van der Waals surface area contributed by atoms with Gasteiger partial charge in [-0.15, -0.1) is 0 Å². The standard InChI is InChI=1S/C18H13F2NO3S/c19-13-5-1-11(2-6-13)16-17(12-3-7-14(20)8-4-12)24-18(21-16)25-10-9-15(22)23/h1-8H,9-10H2,(H,22,23). The summed E-state index contributed by atoms with van der Waals surface area (Å²) < 4.78 is 32.1. The van der Waals surface area contributed by atoms with E-state index in [4.69, 9.17) is 9.52 Å². The van der Waals surface area contributed by atoms with Crippen LogP contribution in [0.2, 0.25) is 0 Å². The Hall–Kier alpha value is -2.67. The van der Waals surface area contributed by atoms with Crippen LogP contribution in [0.1, 0.15) is 6.42 Å². The summed E-state index contributed by atoms with van der Waals surface area (Å²) in [6.45, 7) is 0. The maximum atomic E-state index is 13.2. The van der Waals surface area contributed by atoms with Gasteiger partial charge in [0.25, 0.3) is 5.22 Å². The Labute approximate surface area is 146 Å². The predicted molar refractivity (Wildman–Crippen MR) is 90.3 cm³/mol. The minimum absolute atomic E-state index is 0.0230. The molecule has 0 atom stereocenters. The summed E-state index contributed by atoms with van der Waals surface area (Å²) >= 11 is 1.17. The molecule has 1 N–H and O–H groups in total. The third-order valence-corrected chi connectivity index (χ3v) is 4.20. The zero-order valence-corrected chi connectivity index (χ0v) is 13.7. The smallest absolute Gasteiger partial charge is 0.304 e. The molecule has 3 aromatic rings. The van der Waals surface area contributed by atoms with Crippen LogP contribution < -0.4 is 0 Å². The highest BCUT2D eigenvalue weighted by Crippen LogP contribution is 2.35. The second kappa shape index (κ2) is 7.48. The van der Waals surface area contributed by atoms with E-state index in [1.54, 1.807) is 24.3 Å². The highest BCUT2D eigenvalue weighted by Gasteiger charge is 2.17. The van der Waals surface area contributed by atoms with Gasteiger partial charge in [-0.2, -0.15) is 0 Å². The molecule has 2 aromatic carbocycles. The zero-order chi connectivity index (χ0) is 17.8. The molecule has 0 saturated carbocycles. The second-order valence-corrected chi connectivity index (χ2v) is 6.21. The Balaban J connectivity index is 1.98. The molecule has 0 unspecified atom stereocenters. The van der Waals surface area contributed by atoms with Gasteiger partial charge in [0.05, 0.1) is 6.42 Å². The van der Waals surface area contributed by atoms with Crippen LogP contribution in [0.15, 0.2) is 58.2 Å². The van der Waals surface area contributed by atoms with Crippen LogP contribution in [-0.2, 0) is 4.79 Å². The van der Waals surface area contributed by atoms with Crippen LogP contribution in [0.3, 0.4) is 0 Å². The first-order valence-electron chi connectivity index (χ1n) is 7.40. The fourth-order valence-corrected chi connectivity index (χ4v) is 2.94. The van der Waals surface area contributed by atoms with Gasteiger partial charge < -0.3 is 9.52 Å². The fourth-order valence-electron chi connectivity index (χ4n) is 2.19. The molecule has 128 valence electrons. The van der Waals surface area contributed by atoms with Gasteiger partial charge in [-0.05, 0) is 48.5 Å². The van der Waals surface area contributed by atoms with E-state index in [1.807, 2.05) is 0 Å². The van der Waals surface area contributed by atoms with E-state index in [9.17, 15) is 13.6 Å². The summed E-state index contributed by atoms with van der Waals surface area (Å²) in [4.78, 5) is 15.0. The summed E-state index contributed by atoms with van der Waals surface area (Å²) in [6.07, 6.45) is -0.0230. The van der Waals surface area contributed by atoms with Crippen molar-refractivity contribution in [2.24, 2.45) is 0 Å². The number of halogens is 2. The molecule has 0 bridgehead atoms. The summed E-state index contributed by atoms with van der Waals surface area (Å²) in [5.74, 6) is -0.919. The van der Waals surface area contributed by atoms with Crippen LogP contribution in [0, 0.1) is 11.6 Å². The van der Waals surface area contributed by atoms with Crippen molar-refractivity contribution < 1.29 is 23.1 Å². The normalized spacial score (nSPS) is 10.8. The molecule has 0 fully saturated rings. The molecular formula is C18H13F2NO3S. The van der Waals surface area contributed by atoms with Gasteiger partial charge >= 0.3 is 5.97 Å². The number of hydrogen-bond acceptors (Lipinski definition) is 4. The van der Waals surface area contributed by atoms with E-state index < -0.39 is 5.97 Å². The van der Waals surface area contributed by atoms with E-state index in [1.165, 1.54) is 36.0 Å². The lowest BCUT2D eigenvalue weighted by molar-refractivity contribution is -0.136. The molecule has 0 aliphatic rings. The molecule has 0 radical (unpaired) electrons. The quantitative estimate of drug-likeness (QED) is 0.636. The predicted octanol–water partition coefficient (Wildman–Crippen LogP) is 4.85. The van der Waals surface area contributed by atoms with E-state index in [2.05, 4.69) is 4.98 Å². The second-order valence-electron chi connectivity index (χ2n) is 5.16. The summed E-state index contributed by atoms with van der Waals surface area (Å²) in [5, 5.41) is 9.03. The number of carbonyl (C=O) groups is 1. The number of aromatic nitrogens is 1. The molecule has 1 aromatic heterocycles. The molecule has 0 aliphatic heterocycles. The molecule has 0 aliphatic carbocycles. The molecule has 0 saturated heterocycles. The van der Waals surface area contributed by atoms with E-state index in [0.717, 1.165) is 0 Å². The number of carboxylic acid groups (broad SMARTS) is 1. The molecule has 1 heterocycles. The summed E-state index contributed by atoms with van der Waals surface area (Å²) in [7, 11) is 0. The van der Waals surface area contributed by atoms with Crippen LogP contribution in [-0.4, -0.2) is 21.8 Å². The first-order chi connectivity index (χ1) is 12.0. The largest absolute Gasteiger partial charge is 0.481 e. The number of oxazole rings is 1. The Morgan fingerprint density at radius 1 is 1.00 bits per heavy atom. The Morgan fingerprint density at radius 2 is 1.56 bits per heavy atom. The first kappa shape index (κ1) is 17.2. The minimum atomic E-state index is -0.906. The average Bonchev–Trinajstić information content (AvgIpc) is 3.00. The maximum Gasteiger partial charge on any atom is 0.304 e. The SMILES string of the molecule is O=C(O)CCSc1nc(-c2ccc(F)cc2)c(-c2ccc(F)cc2)o1. The van der Waals surface area contributed by atoms with Crippen molar-refractivity contribution in [3.05, 3.63) is 60.2 Å². The zero-order valence-electron chi connectivity index (χ0n) is 12.9. The van der Waals surface area contributed by atoms with Crippen molar-refractivity contribution >= 4 is 17.7 Å². The van der Waals surface area contributed by atoms with Crippen molar-refractivity contribution in [1.82, 2.24) is 4.98 Å². The van der Waals surface area contributed by atoms with E-state index in [-0.39, 0.29) is 18.1 Å². The third kappa shape index (κ3) is 4.24. The topological polar surface area (TPSA) is 63.3 Å². The Kier molecular flexibility index (Phi) is 5.14. The lowest BCUT2D eigenvalue weighted by Gasteiger charge is -2.01. The molecule has 25 heavy (non-hydrogen) atoms. The molecule has 3 rings (SSSR count). The van der Waals surface area contributed by atoms with E-state index in [0.29, 0.717) is 33.6 Å². The van der Waals surface area contributed by atoms with Crippen molar-refractivity contribution in [1.29, 1.82) is 0 Å². The van der Waals surface area contributed by atoms with Crippen molar-refractivity contribution in [3.8, 4) is 22.6 Å². The number of nitrogens with zero attached hydrogens (tertiary/aromatic N) is 1. The molecule has 0 spiro atoms. The van der Waals surface area contributed by atoms with Crippen LogP contribution >= 0.6 is 11.8 Å². The average molecular weight is 361 g/mol. The fraction of sp³-hybridized carbons (Fsp3) is 0.111. The number of aliphatic carboxylic acids is 1. The lowest BCUT2D eigenvalue weighted by atomic mass is 10.1. The monoisotopic (exact) mass is 361 g/mol. The van der Waals surface area contributed by atoms with Gasteiger partial charge in [0.1, 0.15) is 17.3 Å². The molecule has 7 heteroatoms. The van der Waals surface area contributed by atoms with Crippen LogP contribution in [0.25, 0.3) is 22.6 Å². The number of rotatable bonds is 6. The van der Waals surface area contributed by atoms with Gasteiger partial charge in [-0.25, -0.2) is 13.8 Å². The third-order valence-electron chi connectivity index (χ3n) is 3.37. The number of benzene rings is 2. The lowest BCUT2D eigenvalue weighted by Crippen LogP contribution is -1.95. The van der Waals surface area contributed by atoms with Crippen LogP contribution in [0.4, 0.5) is 8.78 Å². The minimum Gasteiger partial charge on any atom is -0.481 e. The highest BCUT2D eigenvalue weighted by atomic mass is 32.2. The van der Waals surface area contributed by atoms with Gasteiger partial charge in [0.2, 0.25) is 0 Å².